The van der Waals surface area contributed by atoms with Crippen molar-refractivity contribution in [1.29, 1.82) is 0 Å². The highest BCUT2D eigenvalue weighted by Crippen LogP contribution is 2.20. The van der Waals surface area contributed by atoms with Gasteiger partial charge in [0.05, 0.1) is 17.1 Å². The van der Waals surface area contributed by atoms with Gasteiger partial charge in [-0.1, -0.05) is 11.6 Å². The number of amides is 1. The van der Waals surface area contributed by atoms with Crippen LogP contribution in [0.3, 0.4) is 0 Å². The second-order valence-electron chi connectivity index (χ2n) is 5.15. The van der Waals surface area contributed by atoms with Crippen molar-refractivity contribution >= 4 is 29.2 Å². The molecule has 0 saturated carbocycles. The van der Waals surface area contributed by atoms with Crippen LogP contribution in [0.25, 0.3) is 0 Å². The van der Waals surface area contributed by atoms with Gasteiger partial charge in [-0.05, 0) is 39.0 Å². The lowest BCUT2D eigenvalue weighted by atomic mass is 10.1. The molecule has 3 N–H and O–H groups in total. The molecule has 19 heavy (non-hydrogen) atoms. The molecular formula is C13H17ClN2O3. The Hall–Kier alpha value is -1.59. The van der Waals surface area contributed by atoms with Crippen LogP contribution in [0, 0.1) is 0 Å². The molecule has 0 saturated heterocycles. The SMILES string of the molecule is CC(C)(C)NCC(=O)Nc1ccc(Cl)c(C(=O)O)c1. The van der Waals surface area contributed by atoms with E-state index in [2.05, 4.69) is 10.6 Å². The Morgan fingerprint density at radius 3 is 2.47 bits per heavy atom. The van der Waals surface area contributed by atoms with Crippen molar-refractivity contribution in [3.63, 3.8) is 0 Å². The minimum Gasteiger partial charge on any atom is -0.478 e. The largest absolute Gasteiger partial charge is 0.478 e. The van der Waals surface area contributed by atoms with Gasteiger partial charge in [0.15, 0.2) is 0 Å². The van der Waals surface area contributed by atoms with Crippen LogP contribution in [0.4, 0.5) is 5.69 Å². The summed E-state index contributed by atoms with van der Waals surface area (Å²) in [6, 6.07) is 4.33. The van der Waals surface area contributed by atoms with E-state index >= 15 is 0 Å². The Morgan fingerprint density at radius 1 is 1.32 bits per heavy atom. The summed E-state index contributed by atoms with van der Waals surface area (Å²) in [5.41, 5.74) is 0.203. The average Bonchev–Trinajstić information content (AvgIpc) is 2.28. The molecule has 0 fully saturated rings. The van der Waals surface area contributed by atoms with Crippen LogP contribution in [0.5, 0.6) is 0 Å². The summed E-state index contributed by atoms with van der Waals surface area (Å²) < 4.78 is 0. The van der Waals surface area contributed by atoms with Crippen molar-refractivity contribution in [2.75, 3.05) is 11.9 Å². The third-order valence-corrected chi connectivity index (χ3v) is 2.59. The van der Waals surface area contributed by atoms with Gasteiger partial charge in [0.2, 0.25) is 5.91 Å². The van der Waals surface area contributed by atoms with E-state index in [0.717, 1.165) is 0 Å². The number of anilines is 1. The molecule has 1 aromatic carbocycles. The number of nitrogens with one attached hydrogen (secondary N) is 2. The van der Waals surface area contributed by atoms with Crippen molar-refractivity contribution in [2.24, 2.45) is 0 Å². The Morgan fingerprint density at radius 2 is 1.95 bits per heavy atom. The molecule has 0 unspecified atom stereocenters. The minimum atomic E-state index is -1.13. The molecule has 0 heterocycles. The fourth-order valence-electron chi connectivity index (χ4n) is 1.32. The maximum atomic E-state index is 11.7. The third kappa shape index (κ3) is 5.28. The number of hydrogen-bond acceptors (Lipinski definition) is 3. The molecule has 6 heteroatoms. The molecule has 104 valence electrons. The predicted molar refractivity (Wildman–Crippen MR) is 74.8 cm³/mol. The van der Waals surface area contributed by atoms with E-state index in [1.807, 2.05) is 20.8 Å². The van der Waals surface area contributed by atoms with Crippen LogP contribution >= 0.6 is 11.6 Å². The second-order valence-corrected chi connectivity index (χ2v) is 5.56. The van der Waals surface area contributed by atoms with Crippen molar-refractivity contribution in [2.45, 2.75) is 26.3 Å². The van der Waals surface area contributed by atoms with Crippen molar-refractivity contribution in [3.05, 3.63) is 28.8 Å². The van der Waals surface area contributed by atoms with Gasteiger partial charge in [-0.25, -0.2) is 4.79 Å². The second kappa shape index (κ2) is 6.04. The first-order valence-corrected chi connectivity index (χ1v) is 6.14. The lowest BCUT2D eigenvalue weighted by Crippen LogP contribution is -2.41. The van der Waals surface area contributed by atoms with E-state index in [1.54, 1.807) is 6.07 Å². The summed E-state index contributed by atoms with van der Waals surface area (Å²) in [5, 5.41) is 14.7. The number of hydrogen-bond donors (Lipinski definition) is 3. The number of carbonyl (C=O) groups is 2. The molecule has 0 aromatic heterocycles. The van der Waals surface area contributed by atoms with Crippen LogP contribution in [0.2, 0.25) is 5.02 Å². The maximum absolute atomic E-state index is 11.7. The van der Waals surface area contributed by atoms with Crippen molar-refractivity contribution < 1.29 is 14.7 Å². The van der Waals surface area contributed by atoms with E-state index in [9.17, 15) is 9.59 Å². The van der Waals surface area contributed by atoms with E-state index in [1.165, 1.54) is 12.1 Å². The number of halogens is 1. The lowest BCUT2D eigenvalue weighted by molar-refractivity contribution is -0.115. The lowest BCUT2D eigenvalue weighted by Gasteiger charge is -2.20. The zero-order valence-corrected chi connectivity index (χ0v) is 11.8. The van der Waals surface area contributed by atoms with Crippen LogP contribution < -0.4 is 10.6 Å². The number of rotatable bonds is 4. The smallest absolute Gasteiger partial charge is 0.337 e. The fourth-order valence-corrected chi connectivity index (χ4v) is 1.52. The van der Waals surface area contributed by atoms with Crippen molar-refractivity contribution in [3.8, 4) is 0 Å². The molecule has 1 aromatic rings. The fraction of sp³-hybridized carbons (Fsp3) is 0.385. The van der Waals surface area contributed by atoms with Gasteiger partial charge in [0, 0.05) is 11.2 Å². The zero-order chi connectivity index (χ0) is 14.6. The standard InChI is InChI=1S/C13H17ClN2O3/c1-13(2,3)15-7-11(17)16-8-4-5-10(14)9(6-8)12(18)19/h4-6,15H,7H2,1-3H3,(H,16,17)(H,18,19). The molecular weight excluding hydrogens is 268 g/mol. The van der Waals surface area contributed by atoms with Gasteiger partial charge in [-0.3, -0.25) is 4.79 Å². The van der Waals surface area contributed by atoms with E-state index in [0.29, 0.717) is 5.69 Å². The number of carboxylic acids is 1. The Kier molecular flexibility index (Phi) is 4.91. The van der Waals surface area contributed by atoms with Crippen molar-refractivity contribution in [1.82, 2.24) is 5.32 Å². The van der Waals surface area contributed by atoms with Gasteiger partial charge in [-0.15, -0.1) is 0 Å². The first kappa shape index (κ1) is 15.5. The summed E-state index contributed by atoms with van der Waals surface area (Å²) in [7, 11) is 0. The molecule has 0 bridgehead atoms. The quantitative estimate of drug-likeness (QED) is 0.793. The van der Waals surface area contributed by atoms with Crippen LogP contribution in [-0.2, 0) is 4.79 Å². The molecule has 5 nitrogen and oxygen atoms in total. The maximum Gasteiger partial charge on any atom is 0.337 e. The Bertz CT molecular complexity index is 495. The van der Waals surface area contributed by atoms with Gasteiger partial charge in [0.25, 0.3) is 0 Å². The first-order valence-electron chi connectivity index (χ1n) is 5.77. The summed E-state index contributed by atoms with van der Waals surface area (Å²) in [4.78, 5) is 22.6. The monoisotopic (exact) mass is 284 g/mol. The number of carboxylic acid groups (broad SMARTS) is 1. The van der Waals surface area contributed by atoms with Gasteiger partial charge in [-0.2, -0.15) is 0 Å². The molecule has 1 amide bonds. The normalized spacial score (nSPS) is 11.2. The zero-order valence-electron chi connectivity index (χ0n) is 11.1. The Labute approximate surface area is 117 Å². The van der Waals surface area contributed by atoms with Crippen LogP contribution in [0.15, 0.2) is 18.2 Å². The van der Waals surface area contributed by atoms with E-state index < -0.39 is 5.97 Å². The molecule has 0 aliphatic rings. The third-order valence-electron chi connectivity index (χ3n) is 2.26. The van der Waals surface area contributed by atoms with Gasteiger partial charge >= 0.3 is 5.97 Å². The van der Waals surface area contributed by atoms with Crippen LogP contribution in [-0.4, -0.2) is 29.1 Å². The molecule has 0 aliphatic heterocycles. The van der Waals surface area contributed by atoms with E-state index in [4.69, 9.17) is 16.7 Å². The summed E-state index contributed by atoms with van der Waals surface area (Å²) in [5.74, 6) is -1.37. The predicted octanol–water partition coefficient (Wildman–Crippen LogP) is 2.36. The van der Waals surface area contributed by atoms with Crippen LogP contribution in [0.1, 0.15) is 31.1 Å². The van der Waals surface area contributed by atoms with Gasteiger partial charge < -0.3 is 15.7 Å². The molecule has 0 aliphatic carbocycles. The highest BCUT2D eigenvalue weighted by Gasteiger charge is 2.13. The van der Waals surface area contributed by atoms with E-state index in [-0.39, 0.29) is 28.6 Å². The highest BCUT2D eigenvalue weighted by molar-refractivity contribution is 6.33. The van der Waals surface area contributed by atoms with Gasteiger partial charge in [0.1, 0.15) is 0 Å². The summed E-state index contributed by atoms with van der Waals surface area (Å²) in [6.07, 6.45) is 0. The number of aromatic carboxylic acids is 1. The topological polar surface area (TPSA) is 78.4 Å². The molecule has 0 radical (unpaired) electrons. The minimum absolute atomic E-state index is 0.0387. The number of benzene rings is 1. The summed E-state index contributed by atoms with van der Waals surface area (Å²) >= 11 is 5.74. The molecule has 1 rings (SSSR count). The Balaban J connectivity index is 2.70. The molecule has 0 atom stereocenters. The summed E-state index contributed by atoms with van der Waals surface area (Å²) in [6.45, 7) is 6.00. The average molecular weight is 285 g/mol. The first-order chi connectivity index (χ1) is 8.69. The molecule has 0 spiro atoms. The number of carbonyl (C=O) groups excluding carboxylic acids is 1. The highest BCUT2D eigenvalue weighted by atomic mass is 35.5.